The molecule has 21 heavy (non-hydrogen) atoms. The lowest BCUT2D eigenvalue weighted by atomic mass is 10.1. The molecule has 110 valence electrons. The number of urea groups is 1. The van der Waals surface area contributed by atoms with Crippen LogP contribution in [0.2, 0.25) is 0 Å². The van der Waals surface area contributed by atoms with E-state index in [0.29, 0.717) is 13.2 Å². The molecule has 2 N–H and O–H groups in total. The monoisotopic (exact) mass is 286 g/mol. The van der Waals surface area contributed by atoms with E-state index < -0.39 is 0 Å². The summed E-state index contributed by atoms with van der Waals surface area (Å²) in [6, 6.07) is 9.11. The van der Waals surface area contributed by atoms with Crippen molar-refractivity contribution in [2.75, 3.05) is 11.9 Å². The van der Waals surface area contributed by atoms with Crippen LogP contribution >= 0.6 is 0 Å². The molecule has 0 spiro atoms. The number of nitrogens with zero attached hydrogens (tertiary/aromatic N) is 2. The summed E-state index contributed by atoms with van der Waals surface area (Å²) in [6.07, 6.45) is 0.870. The molecule has 3 rings (SSSR count). The number of rotatable bonds is 3. The Bertz CT molecular complexity index is 637. The number of aryl methyl sites for hydroxylation is 1. The number of anilines is 1. The number of amides is 2. The van der Waals surface area contributed by atoms with E-state index in [-0.39, 0.29) is 6.03 Å². The molecule has 1 aromatic heterocycles. The third-order valence-corrected chi connectivity index (χ3v) is 3.54. The van der Waals surface area contributed by atoms with Gasteiger partial charge in [-0.2, -0.15) is 5.10 Å². The number of aromatic nitrogens is 2. The summed E-state index contributed by atoms with van der Waals surface area (Å²) >= 11 is 0. The van der Waals surface area contributed by atoms with E-state index in [0.717, 1.165) is 30.0 Å². The van der Waals surface area contributed by atoms with Gasteiger partial charge in [-0.3, -0.25) is 4.68 Å². The highest BCUT2D eigenvalue weighted by molar-refractivity contribution is 5.89. The van der Waals surface area contributed by atoms with Gasteiger partial charge in [-0.1, -0.05) is 18.2 Å². The molecule has 0 radical (unpaired) electrons. The molecular weight excluding hydrogens is 268 g/mol. The summed E-state index contributed by atoms with van der Waals surface area (Å²) < 4.78 is 7.35. The average Bonchev–Trinajstić information content (AvgIpc) is 2.83. The van der Waals surface area contributed by atoms with Crippen molar-refractivity contribution in [2.45, 2.75) is 19.6 Å². The minimum atomic E-state index is -0.239. The summed E-state index contributed by atoms with van der Waals surface area (Å²) in [5, 5.41) is 10.1. The SMILES string of the molecule is Cn1nc(CNC(=O)Nc2ccccc2)c2c1CCOC2. The van der Waals surface area contributed by atoms with Crippen molar-refractivity contribution in [3.05, 3.63) is 47.3 Å². The van der Waals surface area contributed by atoms with Gasteiger partial charge in [0.2, 0.25) is 0 Å². The maximum atomic E-state index is 11.9. The van der Waals surface area contributed by atoms with Crippen LogP contribution in [0.5, 0.6) is 0 Å². The molecule has 1 aliphatic rings. The van der Waals surface area contributed by atoms with Gasteiger partial charge < -0.3 is 15.4 Å². The minimum absolute atomic E-state index is 0.239. The topological polar surface area (TPSA) is 68.2 Å². The first-order chi connectivity index (χ1) is 10.2. The van der Waals surface area contributed by atoms with Crippen LogP contribution in [0.25, 0.3) is 0 Å². The summed E-state index contributed by atoms with van der Waals surface area (Å²) in [4.78, 5) is 11.9. The molecule has 0 bridgehead atoms. The molecule has 0 fully saturated rings. The lowest BCUT2D eigenvalue weighted by molar-refractivity contribution is 0.108. The Kier molecular flexibility index (Phi) is 3.87. The standard InChI is InChI=1S/C15H18N4O2/c1-19-14-7-8-21-10-12(14)13(18-19)9-16-15(20)17-11-5-3-2-4-6-11/h2-6H,7-10H2,1H3,(H2,16,17,20). The molecule has 2 aromatic rings. The molecule has 2 amide bonds. The molecule has 2 heterocycles. The van der Waals surface area contributed by atoms with Crippen LogP contribution in [0, 0.1) is 0 Å². The van der Waals surface area contributed by atoms with Gasteiger partial charge in [-0.25, -0.2) is 4.79 Å². The lowest BCUT2D eigenvalue weighted by Gasteiger charge is -2.14. The van der Waals surface area contributed by atoms with Crippen molar-refractivity contribution in [3.8, 4) is 0 Å². The second-order valence-corrected chi connectivity index (χ2v) is 4.97. The van der Waals surface area contributed by atoms with Gasteiger partial charge in [-0.05, 0) is 12.1 Å². The molecule has 0 saturated carbocycles. The first-order valence-electron chi connectivity index (χ1n) is 6.95. The predicted octanol–water partition coefficient (Wildman–Crippen LogP) is 1.81. The van der Waals surface area contributed by atoms with E-state index in [1.165, 1.54) is 5.69 Å². The van der Waals surface area contributed by atoms with Crippen molar-refractivity contribution < 1.29 is 9.53 Å². The van der Waals surface area contributed by atoms with Crippen molar-refractivity contribution in [1.82, 2.24) is 15.1 Å². The predicted molar refractivity (Wildman–Crippen MR) is 78.9 cm³/mol. The maximum Gasteiger partial charge on any atom is 0.319 e. The van der Waals surface area contributed by atoms with E-state index in [1.54, 1.807) is 0 Å². The van der Waals surface area contributed by atoms with Crippen LogP contribution in [-0.2, 0) is 31.4 Å². The van der Waals surface area contributed by atoms with Gasteiger partial charge in [0.1, 0.15) is 0 Å². The zero-order chi connectivity index (χ0) is 14.7. The highest BCUT2D eigenvalue weighted by atomic mass is 16.5. The molecule has 0 aliphatic carbocycles. The third kappa shape index (κ3) is 3.05. The zero-order valence-corrected chi connectivity index (χ0v) is 11.9. The summed E-state index contributed by atoms with van der Waals surface area (Å²) in [7, 11) is 1.93. The molecule has 6 nitrogen and oxygen atoms in total. The number of nitrogens with one attached hydrogen (secondary N) is 2. The minimum Gasteiger partial charge on any atom is -0.376 e. The van der Waals surface area contributed by atoms with Gasteiger partial charge >= 0.3 is 6.03 Å². The molecule has 1 aliphatic heterocycles. The Morgan fingerprint density at radius 1 is 1.38 bits per heavy atom. The van der Waals surface area contributed by atoms with Gasteiger partial charge in [-0.15, -0.1) is 0 Å². The number of hydrogen-bond acceptors (Lipinski definition) is 3. The Hall–Kier alpha value is -2.34. The van der Waals surface area contributed by atoms with Crippen LogP contribution in [0.1, 0.15) is 17.0 Å². The largest absolute Gasteiger partial charge is 0.376 e. The Balaban J connectivity index is 1.61. The first kappa shape index (κ1) is 13.6. The molecule has 1 aromatic carbocycles. The smallest absolute Gasteiger partial charge is 0.319 e. The van der Waals surface area contributed by atoms with Crippen LogP contribution in [0.3, 0.4) is 0 Å². The Morgan fingerprint density at radius 3 is 3.00 bits per heavy atom. The van der Waals surface area contributed by atoms with Crippen LogP contribution < -0.4 is 10.6 Å². The van der Waals surface area contributed by atoms with E-state index in [9.17, 15) is 4.79 Å². The summed E-state index contributed by atoms with van der Waals surface area (Å²) in [6.45, 7) is 1.69. The van der Waals surface area contributed by atoms with Crippen molar-refractivity contribution >= 4 is 11.7 Å². The van der Waals surface area contributed by atoms with Crippen LogP contribution in [0.4, 0.5) is 10.5 Å². The second kappa shape index (κ2) is 5.97. The van der Waals surface area contributed by atoms with Crippen LogP contribution in [0.15, 0.2) is 30.3 Å². The number of para-hydroxylation sites is 1. The second-order valence-electron chi connectivity index (χ2n) is 4.97. The number of carbonyl (C=O) groups is 1. The number of hydrogen-bond donors (Lipinski definition) is 2. The highest BCUT2D eigenvalue weighted by Crippen LogP contribution is 2.19. The van der Waals surface area contributed by atoms with Gasteiger partial charge in [0.15, 0.2) is 0 Å². The Labute approximate surface area is 123 Å². The highest BCUT2D eigenvalue weighted by Gasteiger charge is 2.19. The molecule has 6 heteroatoms. The Morgan fingerprint density at radius 2 is 2.19 bits per heavy atom. The molecule has 0 saturated heterocycles. The quantitative estimate of drug-likeness (QED) is 0.904. The summed E-state index contributed by atoms with van der Waals surface area (Å²) in [5.74, 6) is 0. The number of carbonyl (C=O) groups excluding carboxylic acids is 1. The molecule has 0 unspecified atom stereocenters. The van der Waals surface area contributed by atoms with Gasteiger partial charge in [0, 0.05) is 30.4 Å². The van der Waals surface area contributed by atoms with Gasteiger partial charge in [0.05, 0.1) is 25.5 Å². The first-order valence-corrected chi connectivity index (χ1v) is 6.95. The average molecular weight is 286 g/mol. The fraction of sp³-hybridized carbons (Fsp3) is 0.333. The third-order valence-electron chi connectivity index (χ3n) is 3.54. The van der Waals surface area contributed by atoms with Crippen molar-refractivity contribution in [3.63, 3.8) is 0 Å². The van der Waals surface area contributed by atoms with E-state index in [4.69, 9.17) is 4.74 Å². The van der Waals surface area contributed by atoms with Crippen molar-refractivity contribution in [1.29, 1.82) is 0 Å². The number of ether oxygens (including phenoxy) is 1. The lowest BCUT2D eigenvalue weighted by Crippen LogP contribution is -2.28. The van der Waals surface area contributed by atoms with E-state index >= 15 is 0 Å². The summed E-state index contributed by atoms with van der Waals surface area (Å²) in [5.41, 5.74) is 3.93. The maximum absolute atomic E-state index is 11.9. The zero-order valence-electron chi connectivity index (χ0n) is 11.9. The fourth-order valence-corrected chi connectivity index (χ4v) is 2.49. The molecule has 0 atom stereocenters. The van der Waals surface area contributed by atoms with Gasteiger partial charge in [0.25, 0.3) is 0 Å². The van der Waals surface area contributed by atoms with E-state index in [1.807, 2.05) is 42.1 Å². The normalized spacial score (nSPS) is 13.6. The van der Waals surface area contributed by atoms with Crippen LogP contribution in [-0.4, -0.2) is 22.4 Å². The van der Waals surface area contributed by atoms with E-state index in [2.05, 4.69) is 15.7 Å². The molecular formula is C15H18N4O2. The number of fused-ring (bicyclic) bond motifs is 1. The van der Waals surface area contributed by atoms with Crippen molar-refractivity contribution in [2.24, 2.45) is 7.05 Å². The number of benzene rings is 1. The fourth-order valence-electron chi connectivity index (χ4n) is 2.49.